The van der Waals surface area contributed by atoms with E-state index in [1.165, 1.54) is 25.0 Å². The first kappa shape index (κ1) is 13.6. The monoisotopic (exact) mass is 303 g/mol. The maximum Gasteiger partial charge on any atom is 0.160 e. The Morgan fingerprint density at radius 1 is 1.29 bits per heavy atom. The van der Waals surface area contributed by atoms with E-state index in [-0.39, 0.29) is 6.10 Å². The highest BCUT2D eigenvalue weighted by Gasteiger charge is 2.26. The van der Waals surface area contributed by atoms with Crippen LogP contribution in [0.3, 0.4) is 0 Å². The number of nitrogens with zero attached hydrogens (tertiary/aromatic N) is 3. The summed E-state index contributed by atoms with van der Waals surface area (Å²) < 4.78 is 8.21. The van der Waals surface area contributed by atoms with Crippen LogP contribution in [-0.2, 0) is 11.3 Å². The molecule has 2 aliphatic heterocycles. The van der Waals surface area contributed by atoms with Gasteiger partial charge in [-0.05, 0) is 43.6 Å². The molecule has 2 aromatic rings. The third-order valence-electron chi connectivity index (χ3n) is 4.41. The van der Waals surface area contributed by atoms with Crippen molar-refractivity contribution in [1.29, 1.82) is 0 Å². The second-order valence-corrected chi connectivity index (χ2v) is 7.33. The molecule has 112 valence electrons. The van der Waals surface area contributed by atoms with Crippen LogP contribution in [0.25, 0.3) is 11.2 Å². The van der Waals surface area contributed by atoms with E-state index in [4.69, 9.17) is 9.72 Å². The second kappa shape index (κ2) is 5.97. The maximum absolute atomic E-state index is 5.88. The van der Waals surface area contributed by atoms with Crippen LogP contribution in [0.5, 0.6) is 0 Å². The van der Waals surface area contributed by atoms with Gasteiger partial charge in [-0.15, -0.1) is 0 Å². The molecular formula is C16H21N3OS. The second-order valence-electron chi connectivity index (χ2n) is 5.92. The minimum atomic E-state index is 0.160. The molecule has 5 heteroatoms. The minimum absolute atomic E-state index is 0.160. The standard InChI is InChI=1S/C16H21N3OS/c1-2-10-21-12(5-1)11-19-15-13(6-3-8-17-15)18-16(19)14-7-4-9-20-14/h3,6,8,12,14H,1-2,4-5,7,9-11H2. The number of rotatable bonds is 3. The van der Waals surface area contributed by atoms with Crippen LogP contribution in [0.15, 0.2) is 18.3 Å². The Kier molecular flexibility index (Phi) is 3.86. The molecule has 0 saturated carbocycles. The smallest absolute Gasteiger partial charge is 0.160 e. The molecule has 2 fully saturated rings. The number of pyridine rings is 1. The van der Waals surface area contributed by atoms with Crippen LogP contribution in [0.4, 0.5) is 0 Å². The molecule has 2 aliphatic rings. The Balaban J connectivity index is 1.70. The third-order valence-corrected chi connectivity index (χ3v) is 5.79. The average molecular weight is 303 g/mol. The molecule has 0 radical (unpaired) electrons. The number of ether oxygens (including phenoxy) is 1. The highest BCUT2D eigenvalue weighted by atomic mass is 32.2. The van der Waals surface area contributed by atoms with E-state index >= 15 is 0 Å². The zero-order valence-corrected chi connectivity index (χ0v) is 13.0. The lowest BCUT2D eigenvalue weighted by atomic mass is 10.2. The van der Waals surface area contributed by atoms with Crippen LogP contribution in [0.2, 0.25) is 0 Å². The fourth-order valence-corrected chi connectivity index (χ4v) is 4.63. The molecule has 0 aromatic carbocycles. The molecule has 0 amide bonds. The summed E-state index contributed by atoms with van der Waals surface area (Å²) in [6.07, 6.45) is 8.28. The molecule has 0 spiro atoms. The lowest BCUT2D eigenvalue weighted by Crippen LogP contribution is -2.20. The van der Waals surface area contributed by atoms with E-state index < -0.39 is 0 Å². The van der Waals surface area contributed by atoms with Crippen molar-refractivity contribution in [3.05, 3.63) is 24.2 Å². The zero-order chi connectivity index (χ0) is 14.1. The molecule has 4 rings (SSSR count). The van der Waals surface area contributed by atoms with Gasteiger partial charge in [-0.3, -0.25) is 0 Å². The number of hydrogen-bond acceptors (Lipinski definition) is 4. The van der Waals surface area contributed by atoms with Gasteiger partial charge in [0.2, 0.25) is 0 Å². The van der Waals surface area contributed by atoms with Gasteiger partial charge in [0, 0.05) is 24.6 Å². The fraction of sp³-hybridized carbons (Fsp3) is 0.625. The summed E-state index contributed by atoms with van der Waals surface area (Å²) >= 11 is 2.10. The van der Waals surface area contributed by atoms with E-state index in [0.717, 1.165) is 43.0 Å². The quantitative estimate of drug-likeness (QED) is 0.869. The SMILES string of the molecule is c1cnc2c(c1)nc(C1CCCO1)n2CC1CCCCS1. The normalized spacial score (nSPS) is 26.5. The minimum Gasteiger partial charge on any atom is -0.370 e. The molecule has 0 N–H and O–H groups in total. The van der Waals surface area contributed by atoms with Crippen molar-refractivity contribution in [3.63, 3.8) is 0 Å². The maximum atomic E-state index is 5.88. The highest BCUT2D eigenvalue weighted by Crippen LogP contribution is 2.33. The van der Waals surface area contributed by atoms with Crippen molar-refractivity contribution in [2.75, 3.05) is 12.4 Å². The molecule has 4 nitrogen and oxygen atoms in total. The predicted molar refractivity (Wildman–Crippen MR) is 85.6 cm³/mol. The van der Waals surface area contributed by atoms with Crippen molar-refractivity contribution < 1.29 is 4.74 Å². The van der Waals surface area contributed by atoms with Gasteiger partial charge < -0.3 is 9.30 Å². The Hall–Kier alpha value is -1.07. The largest absolute Gasteiger partial charge is 0.370 e. The highest BCUT2D eigenvalue weighted by molar-refractivity contribution is 7.99. The van der Waals surface area contributed by atoms with E-state index in [2.05, 4.69) is 27.4 Å². The summed E-state index contributed by atoms with van der Waals surface area (Å²) in [6, 6.07) is 4.03. The van der Waals surface area contributed by atoms with Crippen LogP contribution < -0.4 is 0 Å². The van der Waals surface area contributed by atoms with Gasteiger partial charge in [-0.2, -0.15) is 11.8 Å². The number of aromatic nitrogens is 3. The number of thioether (sulfide) groups is 1. The fourth-order valence-electron chi connectivity index (χ4n) is 3.34. The first-order chi connectivity index (χ1) is 10.4. The van der Waals surface area contributed by atoms with Gasteiger partial charge in [0.25, 0.3) is 0 Å². The Labute approximate surface area is 129 Å². The Morgan fingerprint density at radius 3 is 3.10 bits per heavy atom. The summed E-state index contributed by atoms with van der Waals surface area (Å²) in [4.78, 5) is 9.40. The van der Waals surface area contributed by atoms with E-state index in [9.17, 15) is 0 Å². The molecule has 2 aromatic heterocycles. The number of fused-ring (bicyclic) bond motifs is 1. The topological polar surface area (TPSA) is 39.9 Å². The van der Waals surface area contributed by atoms with Crippen LogP contribution in [-0.4, -0.2) is 32.1 Å². The van der Waals surface area contributed by atoms with Crippen LogP contribution >= 0.6 is 11.8 Å². The van der Waals surface area contributed by atoms with Gasteiger partial charge in [0.05, 0.1) is 0 Å². The van der Waals surface area contributed by atoms with Gasteiger partial charge in [-0.1, -0.05) is 6.42 Å². The molecule has 0 bridgehead atoms. The van der Waals surface area contributed by atoms with Crippen molar-refractivity contribution in [2.24, 2.45) is 0 Å². The zero-order valence-electron chi connectivity index (χ0n) is 12.2. The summed E-state index contributed by atoms with van der Waals surface area (Å²) in [6.45, 7) is 1.88. The van der Waals surface area contributed by atoms with Gasteiger partial charge in [0.15, 0.2) is 5.65 Å². The lowest BCUT2D eigenvalue weighted by molar-refractivity contribution is 0.102. The Morgan fingerprint density at radius 2 is 2.29 bits per heavy atom. The summed E-state index contributed by atoms with van der Waals surface area (Å²) in [7, 11) is 0. The first-order valence-corrected chi connectivity index (χ1v) is 9.01. The number of imidazole rings is 1. The molecule has 21 heavy (non-hydrogen) atoms. The van der Waals surface area contributed by atoms with Crippen molar-refractivity contribution in [1.82, 2.24) is 14.5 Å². The van der Waals surface area contributed by atoms with E-state index in [1.807, 2.05) is 12.3 Å². The summed E-state index contributed by atoms with van der Waals surface area (Å²) in [5.74, 6) is 2.38. The Bertz CT molecular complexity index is 615. The predicted octanol–water partition coefficient (Wildman–Crippen LogP) is 3.57. The molecule has 0 aliphatic carbocycles. The molecule has 2 atom stereocenters. The van der Waals surface area contributed by atoms with Gasteiger partial charge >= 0.3 is 0 Å². The molecule has 2 unspecified atom stereocenters. The average Bonchev–Trinajstić information content (AvgIpc) is 3.16. The molecular weight excluding hydrogens is 282 g/mol. The van der Waals surface area contributed by atoms with Crippen LogP contribution in [0, 0.1) is 0 Å². The van der Waals surface area contributed by atoms with E-state index in [1.54, 1.807) is 0 Å². The third kappa shape index (κ3) is 2.69. The first-order valence-electron chi connectivity index (χ1n) is 7.96. The van der Waals surface area contributed by atoms with Gasteiger partial charge in [-0.25, -0.2) is 9.97 Å². The van der Waals surface area contributed by atoms with Gasteiger partial charge in [0.1, 0.15) is 17.4 Å². The molecule has 2 saturated heterocycles. The number of hydrogen-bond donors (Lipinski definition) is 0. The van der Waals surface area contributed by atoms with Crippen LogP contribution in [0.1, 0.15) is 44.0 Å². The van der Waals surface area contributed by atoms with Crippen molar-refractivity contribution in [3.8, 4) is 0 Å². The summed E-state index contributed by atoms with van der Waals surface area (Å²) in [5.41, 5.74) is 2.03. The van der Waals surface area contributed by atoms with Crippen molar-refractivity contribution >= 4 is 22.9 Å². The van der Waals surface area contributed by atoms with E-state index in [0.29, 0.717) is 5.25 Å². The summed E-state index contributed by atoms with van der Waals surface area (Å²) in [5, 5.41) is 0.693. The molecule has 4 heterocycles. The van der Waals surface area contributed by atoms with Crippen molar-refractivity contribution in [2.45, 2.75) is 50.0 Å². The lowest BCUT2D eigenvalue weighted by Gasteiger charge is -2.23.